The largest absolute Gasteiger partial charge is 0.343 e. The molecule has 0 N–H and O–H groups in total. The highest BCUT2D eigenvalue weighted by Crippen LogP contribution is 2.41. The number of carbonyl (C=O) groups excluding carboxylic acids is 2. The molecule has 5 nitrogen and oxygen atoms in total. The second-order valence-electron chi connectivity index (χ2n) is 7.69. The van der Waals surface area contributed by atoms with Crippen LogP contribution in [0.4, 0.5) is 0 Å². The van der Waals surface area contributed by atoms with Crippen molar-refractivity contribution >= 4 is 28.3 Å². The maximum Gasteiger partial charge on any atom is 0.230 e. The van der Waals surface area contributed by atoms with Crippen molar-refractivity contribution in [2.45, 2.75) is 39.7 Å². The summed E-state index contributed by atoms with van der Waals surface area (Å²) in [7, 11) is 2.03. The molecule has 0 fully saturated rings. The number of hydrogen-bond acceptors (Lipinski definition) is 3. The molecule has 1 aliphatic heterocycles. The third kappa shape index (κ3) is 2.80. The van der Waals surface area contributed by atoms with Gasteiger partial charge in [-0.1, -0.05) is 25.1 Å². The molecule has 1 aliphatic carbocycles. The first kappa shape index (κ1) is 16.5. The summed E-state index contributed by atoms with van der Waals surface area (Å²) in [6.07, 6.45) is 3.19. The summed E-state index contributed by atoms with van der Waals surface area (Å²) in [6.45, 7) is 7.79. The van der Waals surface area contributed by atoms with Crippen LogP contribution >= 0.6 is 0 Å². The Hall–Kier alpha value is -2.40. The molecule has 2 aromatic rings. The van der Waals surface area contributed by atoms with E-state index >= 15 is 0 Å². The van der Waals surface area contributed by atoms with Gasteiger partial charge in [-0.25, -0.2) is 0 Å². The topological polar surface area (TPSA) is 45.6 Å². The summed E-state index contributed by atoms with van der Waals surface area (Å²) in [4.78, 5) is 29.7. The molecule has 0 unspecified atom stereocenters. The highest BCUT2D eigenvalue weighted by Gasteiger charge is 2.37. The lowest BCUT2D eigenvalue weighted by Crippen LogP contribution is -2.47. The minimum Gasteiger partial charge on any atom is -0.343 e. The summed E-state index contributed by atoms with van der Waals surface area (Å²) < 4.78 is 18.5. The highest BCUT2D eigenvalue weighted by molar-refractivity contribution is 6.03. The van der Waals surface area contributed by atoms with Gasteiger partial charge in [0.25, 0.3) is 0 Å². The van der Waals surface area contributed by atoms with Crippen LogP contribution in [0.3, 0.4) is 0 Å². The number of amides is 1. The SMILES string of the molecule is [2H]c1ccc2c3c(c([2H])n(C(=O)CC)c13)C[C@@H]1C2=C[C@@H](C(=O)N(CC)CC)CN1C. The van der Waals surface area contributed by atoms with Crippen molar-refractivity contribution in [3.05, 3.63) is 41.6 Å². The smallest absolute Gasteiger partial charge is 0.230 e. The Morgan fingerprint density at radius 1 is 1.29 bits per heavy atom. The molecule has 28 heavy (non-hydrogen) atoms. The van der Waals surface area contributed by atoms with E-state index in [1.165, 1.54) is 4.57 Å². The first-order valence-electron chi connectivity index (χ1n) is 11.2. The molecule has 1 aromatic carbocycles. The second-order valence-corrected chi connectivity index (χ2v) is 7.69. The Bertz CT molecular complexity index is 1070. The number of likely N-dealkylation sites (N-methyl/N-ethyl adjacent to an activating group) is 1. The second kappa shape index (κ2) is 7.21. The average molecular weight is 382 g/mol. The Morgan fingerprint density at radius 3 is 2.71 bits per heavy atom. The molecule has 0 radical (unpaired) electrons. The number of aromatic nitrogens is 1. The molecule has 0 saturated heterocycles. The van der Waals surface area contributed by atoms with Crippen molar-refractivity contribution in [1.82, 2.24) is 14.4 Å². The fraction of sp³-hybridized carbons (Fsp3) is 0.478. The van der Waals surface area contributed by atoms with Crippen LogP contribution in [-0.2, 0) is 11.2 Å². The summed E-state index contributed by atoms with van der Waals surface area (Å²) >= 11 is 0. The zero-order valence-electron chi connectivity index (χ0n) is 19.1. The Labute approximate surface area is 169 Å². The quantitative estimate of drug-likeness (QED) is 0.815. The van der Waals surface area contributed by atoms with Gasteiger partial charge in [0.2, 0.25) is 11.8 Å². The van der Waals surface area contributed by atoms with Crippen molar-refractivity contribution in [3.63, 3.8) is 0 Å². The molecule has 5 heteroatoms. The number of fused-ring (bicyclic) bond motifs is 2. The van der Waals surface area contributed by atoms with Crippen molar-refractivity contribution in [1.29, 1.82) is 0 Å². The lowest BCUT2D eigenvalue weighted by Gasteiger charge is -2.40. The standard InChI is InChI=1S/C23H29N3O2/c1-5-21(27)26-14-15-12-20-18(17-9-8-10-19(26)22(15)17)11-16(13-24(20)4)23(28)25(6-2)7-3/h8-11,14,16,20H,5-7,12-13H2,1-4H3/t16-,20-/m1/s1/i10D,14D. The van der Waals surface area contributed by atoms with Gasteiger partial charge in [0.15, 0.2) is 0 Å². The molecule has 0 bridgehead atoms. The zero-order chi connectivity index (χ0) is 21.7. The van der Waals surface area contributed by atoms with Crippen LogP contribution in [0.1, 0.15) is 45.9 Å². The highest BCUT2D eigenvalue weighted by atomic mass is 16.2. The van der Waals surface area contributed by atoms with Crippen LogP contribution in [0.25, 0.3) is 16.5 Å². The number of carbonyl (C=O) groups is 2. The van der Waals surface area contributed by atoms with E-state index in [0.29, 0.717) is 31.6 Å². The van der Waals surface area contributed by atoms with Crippen LogP contribution in [0.5, 0.6) is 0 Å². The number of benzene rings is 1. The third-order valence-corrected chi connectivity index (χ3v) is 6.16. The molecule has 2 atom stereocenters. The fourth-order valence-corrected chi connectivity index (χ4v) is 4.65. The minimum absolute atomic E-state index is 0.0646. The van der Waals surface area contributed by atoms with Gasteiger partial charge in [-0.2, -0.15) is 0 Å². The van der Waals surface area contributed by atoms with E-state index in [-0.39, 0.29) is 42.4 Å². The summed E-state index contributed by atoms with van der Waals surface area (Å²) in [6, 6.07) is 3.95. The summed E-state index contributed by atoms with van der Waals surface area (Å²) in [5, 5.41) is 0.834. The Balaban J connectivity index is 1.92. The van der Waals surface area contributed by atoms with E-state index in [4.69, 9.17) is 2.74 Å². The maximum atomic E-state index is 13.1. The van der Waals surface area contributed by atoms with Gasteiger partial charge in [-0.05, 0) is 50.1 Å². The van der Waals surface area contributed by atoms with Crippen LogP contribution in [0.2, 0.25) is 0 Å². The lowest BCUT2D eigenvalue weighted by atomic mass is 9.79. The average Bonchev–Trinajstić information content (AvgIpc) is 3.04. The number of rotatable bonds is 4. The van der Waals surface area contributed by atoms with Gasteiger partial charge < -0.3 is 4.90 Å². The van der Waals surface area contributed by atoms with E-state index < -0.39 is 0 Å². The first-order valence-corrected chi connectivity index (χ1v) is 10.2. The maximum absolute atomic E-state index is 13.1. The molecule has 2 heterocycles. The van der Waals surface area contributed by atoms with E-state index in [9.17, 15) is 9.59 Å². The molecule has 1 amide bonds. The molecular formula is C23H29N3O2. The van der Waals surface area contributed by atoms with E-state index in [1.807, 2.05) is 31.9 Å². The molecule has 0 saturated carbocycles. The van der Waals surface area contributed by atoms with Crippen molar-refractivity contribution in [2.24, 2.45) is 5.92 Å². The van der Waals surface area contributed by atoms with Gasteiger partial charge in [0, 0.05) is 43.7 Å². The van der Waals surface area contributed by atoms with Gasteiger partial charge in [0.1, 0.15) is 0 Å². The minimum atomic E-state index is -0.219. The zero-order valence-corrected chi connectivity index (χ0v) is 17.1. The molecular weight excluding hydrogens is 350 g/mol. The summed E-state index contributed by atoms with van der Waals surface area (Å²) in [5.74, 6) is -0.246. The van der Waals surface area contributed by atoms with Crippen molar-refractivity contribution in [3.8, 4) is 0 Å². The van der Waals surface area contributed by atoms with E-state index in [1.54, 1.807) is 13.0 Å². The molecule has 4 rings (SSSR count). The normalized spacial score (nSPS) is 22.4. The van der Waals surface area contributed by atoms with Gasteiger partial charge in [-0.3, -0.25) is 19.1 Å². The predicted molar refractivity (Wildman–Crippen MR) is 112 cm³/mol. The monoisotopic (exact) mass is 381 g/mol. The lowest BCUT2D eigenvalue weighted by molar-refractivity contribution is -0.134. The van der Waals surface area contributed by atoms with Gasteiger partial charge >= 0.3 is 0 Å². The Kier molecular flexibility index (Phi) is 4.26. The predicted octanol–water partition coefficient (Wildman–Crippen LogP) is 3.43. The Morgan fingerprint density at radius 2 is 2.04 bits per heavy atom. The van der Waals surface area contributed by atoms with Crippen LogP contribution in [0.15, 0.2) is 30.4 Å². The van der Waals surface area contributed by atoms with Crippen LogP contribution < -0.4 is 0 Å². The van der Waals surface area contributed by atoms with Crippen LogP contribution in [0, 0.1) is 5.92 Å². The molecule has 1 aromatic heterocycles. The van der Waals surface area contributed by atoms with Gasteiger partial charge in [0.05, 0.1) is 14.2 Å². The fourth-order valence-electron chi connectivity index (χ4n) is 4.65. The molecule has 2 aliphatic rings. The van der Waals surface area contributed by atoms with Crippen molar-refractivity contribution < 1.29 is 12.3 Å². The summed E-state index contributed by atoms with van der Waals surface area (Å²) in [5.41, 5.74) is 3.39. The van der Waals surface area contributed by atoms with Crippen LogP contribution in [-0.4, -0.2) is 58.9 Å². The molecule has 0 spiro atoms. The van der Waals surface area contributed by atoms with E-state index in [2.05, 4.69) is 11.0 Å². The first-order chi connectivity index (χ1) is 14.3. The van der Waals surface area contributed by atoms with Gasteiger partial charge in [-0.15, -0.1) is 0 Å². The third-order valence-electron chi connectivity index (χ3n) is 6.16. The van der Waals surface area contributed by atoms with Crippen molar-refractivity contribution in [2.75, 3.05) is 26.7 Å². The number of nitrogens with zero attached hydrogens (tertiary/aromatic N) is 3. The van der Waals surface area contributed by atoms with E-state index in [0.717, 1.165) is 22.1 Å². The number of hydrogen-bond donors (Lipinski definition) is 0. The molecule has 148 valence electrons.